The van der Waals surface area contributed by atoms with Crippen LogP contribution in [0.5, 0.6) is 0 Å². The highest BCUT2D eigenvalue weighted by molar-refractivity contribution is 7.83. The van der Waals surface area contributed by atoms with Crippen LogP contribution < -0.4 is 0 Å². The van der Waals surface area contributed by atoms with Gasteiger partial charge in [0.25, 0.3) is 0 Å². The van der Waals surface area contributed by atoms with Gasteiger partial charge in [-0.3, -0.25) is 0 Å². The quantitative estimate of drug-likeness (QED) is 0.514. The lowest BCUT2D eigenvalue weighted by atomic mass is 10.7. The molecule has 4 nitrogen and oxygen atoms in total. The molecule has 1 rings (SSSR count). The maximum atomic E-state index is 10.7. The van der Waals surface area contributed by atoms with E-state index in [4.69, 9.17) is 8.42 Å². The van der Waals surface area contributed by atoms with Crippen molar-refractivity contribution in [1.82, 2.24) is 4.75 Å². The fourth-order valence-corrected chi connectivity index (χ4v) is 0.227. The molecule has 0 aromatic carbocycles. The molecule has 0 bridgehead atoms. The summed E-state index contributed by atoms with van der Waals surface area (Å²) in [5.74, 6) is 0. The maximum absolute atomic E-state index is 10.7. The number of furan rings is 1. The van der Waals surface area contributed by atoms with E-state index in [2.05, 4.69) is 4.42 Å². The van der Waals surface area contributed by atoms with Crippen LogP contribution in [0.1, 0.15) is 0 Å². The van der Waals surface area contributed by atoms with Crippen LogP contribution in [-0.2, 0) is 10.4 Å². The summed E-state index contributed by atoms with van der Waals surface area (Å²) in [5, 5.41) is 0. The van der Waals surface area contributed by atoms with Crippen LogP contribution in [0.3, 0.4) is 0 Å². The van der Waals surface area contributed by atoms with Gasteiger partial charge in [-0.1, -0.05) is 12.8 Å². The van der Waals surface area contributed by atoms with Crippen LogP contribution in [0.4, 0.5) is 12.8 Å². The Kier molecular flexibility index (Phi) is 4.37. The van der Waals surface area contributed by atoms with Gasteiger partial charge in [0.1, 0.15) is 0 Å². The minimum atomic E-state index is -5.74. The van der Waals surface area contributed by atoms with Crippen molar-refractivity contribution in [2.45, 2.75) is 0 Å². The predicted molar refractivity (Wildman–Crippen MR) is 32.8 cm³/mol. The Balaban J connectivity index is 0.000000211. The molecule has 1 heterocycles. The average molecular weight is 203 g/mol. The molecule has 8 heteroatoms. The molecule has 0 aliphatic carbocycles. The van der Waals surface area contributed by atoms with Crippen LogP contribution in [0, 0.1) is 0 Å². The molecule has 12 heavy (non-hydrogen) atoms. The highest BCUT2D eigenvalue weighted by atomic mass is 32.3. The zero-order chi connectivity index (χ0) is 9.61. The van der Waals surface area contributed by atoms with Crippen molar-refractivity contribution in [3.63, 3.8) is 0 Å². The Morgan fingerprint density at radius 2 is 1.50 bits per heavy atom. The minimum Gasteiger partial charge on any atom is -0.473 e. The van der Waals surface area contributed by atoms with Crippen molar-refractivity contribution in [3.05, 3.63) is 24.7 Å². The molecule has 70 valence electrons. The van der Waals surface area contributed by atoms with Crippen molar-refractivity contribution in [2.24, 2.45) is 0 Å². The molecular formula is C4H4F3NO3S. The summed E-state index contributed by atoms with van der Waals surface area (Å²) in [4.78, 5) is 0. The predicted octanol–water partition coefficient (Wildman–Crippen LogP) is 1.55. The van der Waals surface area contributed by atoms with E-state index in [1.54, 1.807) is 12.5 Å². The Labute approximate surface area is 66.4 Å². The zero-order valence-electron chi connectivity index (χ0n) is 5.52. The van der Waals surface area contributed by atoms with Gasteiger partial charge in [0.15, 0.2) is 4.75 Å². The number of hydrogen-bond donors (Lipinski definition) is 0. The Morgan fingerprint density at radius 1 is 1.17 bits per heavy atom. The third-order valence-electron chi connectivity index (χ3n) is 0.590. The summed E-state index contributed by atoms with van der Waals surface area (Å²) in [6.07, 6.45) is 3.25. The van der Waals surface area contributed by atoms with E-state index in [0.29, 0.717) is 0 Å². The molecule has 0 aliphatic rings. The van der Waals surface area contributed by atoms with Gasteiger partial charge in [-0.2, -0.15) is 8.42 Å². The number of rotatable bonds is 1. The SMILES string of the molecule is O=S(=O)(F)N(F)F.c1ccoc1. The molecule has 0 saturated heterocycles. The molecule has 0 atom stereocenters. The van der Waals surface area contributed by atoms with E-state index in [1.165, 1.54) is 0 Å². The van der Waals surface area contributed by atoms with Crippen LogP contribution in [-0.4, -0.2) is 13.2 Å². The summed E-state index contributed by atoms with van der Waals surface area (Å²) < 4.78 is 51.2. The summed E-state index contributed by atoms with van der Waals surface area (Å²) in [5.41, 5.74) is 0. The third kappa shape index (κ3) is 5.74. The lowest BCUT2D eigenvalue weighted by Crippen LogP contribution is -2.06. The molecule has 0 saturated carbocycles. The summed E-state index contributed by atoms with van der Waals surface area (Å²) in [6, 6.07) is 3.67. The normalized spacial score (nSPS) is 10.7. The van der Waals surface area contributed by atoms with E-state index in [0.717, 1.165) is 0 Å². The van der Waals surface area contributed by atoms with E-state index in [9.17, 15) is 12.8 Å². The maximum Gasteiger partial charge on any atom is 0.430 e. The van der Waals surface area contributed by atoms with Gasteiger partial charge in [0, 0.05) is 0 Å². The van der Waals surface area contributed by atoms with Gasteiger partial charge in [0.2, 0.25) is 0 Å². The second kappa shape index (κ2) is 4.78. The van der Waals surface area contributed by atoms with Crippen molar-refractivity contribution in [2.75, 3.05) is 0 Å². The molecule has 0 radical (unpaired) electrons. The van der Waals surface area contributed by atoms with Gasteiger partial charge >= 0.3 is 10.4 Å². The fraction of sp³-hybridized carbons (Fsp3) is 0. The smallest absolute Gasteiger partial charge is 0.430 e. The lowest BCUT2D eigenvalue weighted by Gasteiger charge is -1.85. The molecule has 1 aromatic heterocycles. The first-order valence-electron chi connectivity index (χ1n) is 2.48. The minimum absolute atomic E-state index is 1.62. The highest BCUT2D eigenvalue weighted by Crippen LogP contribution is 2.01. The van der Waals surface area contributed by atoms with Crippen molar-refractivity contribution >= 4 is 10.4 Å². The van der Waals surface area contributed by atoms with E-state index in [1.807, 2.05) is 12.1 Å². The number of halogens is 3. The van der Waals surface area contributed by atoms with Crippen LogP contribution in [0.2, 0.25) is 0 Å². The van der Waals surface area contributed by atoms with Gasteiger partial charge in [-0.15, -0.1) is 0 Å². The molecule has 0 amide bonds. The Morgan fingerprint density at radius 3 is 1.58 bits per heavy atom. The van der Waals surface area contributed by atoms with Gasteiger partial charge in [-0.05, 0) is 12.1 Å². The van der Waals surface area contributed by atoms with Crippen molar-refractivity contribution < 1.29 is 25.7 Å². The number of hydrogen-bond acceptors (Lipinski definition) is 3. The third-order valence-corrected chi connectivity index (χ3v) is 0.920. The molecule has 0 unspecified atom stereocenters. The molecule has 0 N–H and O–H groups in total. The Bertz CT molecular complexity index is 265. The van der Waals surface area contributed by atoms with Gasteiger partial charge in [-0.25, -0.2) is 0 Å². The standard InChI is InChI=1S/C4H4O.F3NO2S/c1-2-4-5-3-1;1-4(2)7(3,5)6/h1-4H;. The molecule has 0 spiro atoms. The Hall–Kier alpha value is -1.02. The molecule has 1 aromatic rings. The monoisotopic (exact) mass is 203 g/mol. The van der Waals surface area contributed by atoms with Gasteiger partial charge < -0.3 is 4.42 Å². The fourth-order valence-electron chi connectivity index (χ4n) is 0.227. The topological polar surface area (TPSA) is 50.5 Å². The van der Waals surface area contributed by atoms with Crippen molar-refractivity contribution in [1.29, 1.82) is 0 Å². The average Bonchev–Trinajstić information content (AvgIpc) is 2.39. The first-order valence-corrected chi connectivity index (χ1v) is 3.82. The first kappa shape index (κ1) is 11.0. The zero-order valence-corrected chi connectivity index (χ0v) is 6.34. The van der Waals surface area contributed by atoms with Crippen LogP contribution >= 0.6 is 0 Å². The highest BCUT2D eigenvalue weighted by Gasteiger charge is 2.18. The van der Waals surface area contributed by atoms with Crippen LogP contribution in [0.25, 0.3) is 0 Å². The van der Waals surface area contributed by atoms with E-state index in [-0.39, 0.29) is 0 Å². The second-order valence-electron chi connectivity index (χ2n) is 1.41. The molecule has 0 fully saturated rings. The number of nitrogens with zero attached hydrogens (tertiary/aromatic N) is 1. The van der Waals surface area contributed by atoms with E-state index < -0.39 is 15.2 Å². The molecule has 0 aliphatic heterocycles. The second-order valence-corrected chi connectivity index (χ2v) is 2.51. The summed E-state index contributed by atoms with van der Waals surface area (Å²) >= 11 is 0. The van der Waals surface area contributed by atoms with E-state index >= 15 is 0 Å². The van der Waals surface area contributed by atoms with Crippen molar-refractivity contribution in [3.8, 4) is 0 Å². The van der Waals surface area contributed by atoms with Crippen LogP contribution in [0.15, 0.2) is 29.1 Å². The van der Waals surface area contributed by atoms with Gasteiger partial charge in [0.05, 0.1) is 12.5 Å². The first-order chi connectivity index (χ1) is 5.44. The summed E-state index contributed by atoms with van der Waals surface area (Å²) in [6.45, 7) is 0. The lowest BCUT2D eigenvalue weighted by molar-refractivity contribution is -0.0591. The summed E-state index contributed by atoms with van der Waals surface area (Å²) in [7, 11) is -5.74. The molecular weight excluding hydrogens is 199 g/mol. The largest absolute Gasteiger partial charge is 0.473 e.